The summed E-state index contributed by atoms with van der Waals surface area (Å²) in [5.41, 5.74) is 0.746. The summed E-state index contributed by atoms with van der Waals surface area (Å²) in [5.74, 6) is -2.09. The highest BCUT2D eigenvalue weighted by Crippen LogP contribution is 2.33. The first kappa shape index (κ1) is 13.6. The molecule has 0 radical (unpaired) electrons. The van der Waals surface area contributed by atoms with E-state index in [1.807, 2.05) is 5.32 Å². The third kappa shape index (κ3) is 2.79. The Morgan fingerprint density at radius 2 is 1.94 bits per heavy atom. The van der Waals surface area contributed by atoms with Crippen LogP contribution in [0.5, 0.6) is 0 Å². The highest BCUT2D eigenvalue weighted by Gasteiger charge is 2.24. The molecular formula is C10H11F2NO3S. The van der Waals surface area contributed by atoms with Gasteiger partial charge < -0.3 is 10.1 Å². The number of carbonyl (C=O) groups is 2. The van der Waals surface area contributed by atoms with Crippen molar-refractivity contribution in [2.45, 2.75) is 20.3 Å². The molecule has 1 heterocycles. The lowest BCUT2D eigenvalue weighted by Gasteiger charge is -2.05. The molecule has 0 aromatic carbocycles. The molecule has 0 bridgehead atoms. The highest BCUT2D eigenvalue weighted by atomic mass is 32.1. The van der Waals surface area contributed by atoms with E-state index < -0.39 is 18.3 Å². The molecule has 1 rings (SSSR count). The van der Waals surface area contributed by atoms with E-state index in [-0.39, 0.29) is 10.6 Å². The molecule has 0 atom stereocenters. The molecule has 0 aliphatic rings. The van der Waals surface area contributed by atoms with Crippen molar-refractivity contribution in [1.82, 2.24) is 0 Å². The summed E-state index contributed by atoms with van der Waals surface area (Å²) in [4.78, 5) is 23.1. The van der Waals surface area contributed by atoms with Crippen molar-refractivity contribution in [3.05, 3.63) is 16.0 Å². The van der Waals surface area contributed by atoms with Crippen molar-refractivity contribution in [2.24, 2.45) is 0 Å². The number of esters is 1. The van der Waals surface area contributed by atoms with Gasteiger partial charge in [0, 0.05) is 4.88 Å². The lowest BCUT2D eigenvalue weighted by Crippen LogP contribution is -2.21. The van der Waals surface area contributed by atoms with Gasteiger partial charge in [-0.25, -0.2) is 4.79 Å². The first-order chi connectivity index (χ1) is 7.88. The number of ether oxygens (including phenoxy) is 1. The molecule has 0 spiro atoms. The Morgan fingerprint density at radius 3 is 2.41 bits per heavy atom. The van der Waals surface area contributed by atoms with E-state index in [0.717, 1.165) is 16.2 Å². The number of aryl methyl sites for hydroxylation is 1. The molecule has 0 aliphatic carbocycles. The molecule has 4 nitrogen and oxygen atoms in total. The van der Waals surface area contributed by atoms with Crippen LogP contribution in [0.15, 0.2) is 0 Å². The topological polar surface area (TPSA) is 55.4 Å². The lowest BCUT2D eigenvalue weighted by atomic mass is 10.1. The summed E-state index contributed by atoms with van der Waals surface area (Å²) in [5, 5.41) is 2.11. The Bertz CT molecular complexity index is 457. The van der Waals surface area contributed by atoms with Crippen LogP contribution < -0.4 is 5.32 Å². The minimum absolute atomic E-state index is 0.0946. The number of nitrogens with one attached hydrogen (secondary N) is 1. The second-order valence-electron chi connectivity index (χ2n) is 3.27. The summed E-state index contributed by atoms with van der Waals surface area (Å²) in [6.45, 7) is 3.39. The van der Waals surface area contributed by atoms with Crippen LogP contribution in [0.25, 0.3) is 0 Å². The monoisotopic (exact) mass is 263 g/mol. The van der Waals surface area contributed by atoms with Gasteiger partial charge in [-0.3, -0.25) is 4.79 Å². The van der Waals surface area contributed by atoms with Gasteiger partial charge in [0.1, 0.15) is 5.00 Å². The Balaban J connectivity index is 3.11. The van der Waals surface area contributed by atoms with Crippen molar-refractivity contribution in [3.63, 3.8) is 0 Å². The van der Waals surface area contributed by atoms with Crippen LogP contribution in [0.1, 0.15) is 20.8 Å². The molecule has 94 valence electrons. The average Bonchev–Trinajstić information content (AvgIpc) is 2.53. The Morgan fingerprint density at radius 1 is 1.35 bits per heavy atom. The van der Waals surface area contributed by atoms with E-state index in [0.29, 0.717) is 5.56 Å². The van der Waals surface area contributed by atoms with Gasteiger partial charge in [-0.15, -0.1) is 11.3 Å². The smallest absolute Gasteiger partial charge is 0.341 e. The molecule has 0 fully saturated rings. The summed E-state index contributed by atoms with van der Waals surface area (Å²) < 4.78 is 28.8. The van der Waals surface area contributed by atoms with Gasteiger partial charge in [0.25, 0.3) is 5.91 Å². The molecular weight excluding hydrogens is 252 g/mol. The number of rotatable bonds is 3. The summed E-state index contributed by atoms with van der Waals surface area (Å²) in [6, 6.07) is 0. The zero-order valence-electron chi connectivity index (χ0n) is 9.47. The van der Waals surface area contributed by atoms with Gasteiger partial charge in [0.05, 0.1) is 12.7 Å². The maximum Gasteiger partial charge on any atom is 0.341 e. The first-order valence-corrected chi connectivity index (χ1v) is 5.47. The second kappa shape index (κ2) is 5.22. The lowest BCUT2D eigenvalue weighted by molar-refractivity contribution is -0.126. The Kier molecular flexibility index (Phi) is 4.17. The number of alkyl halides is 2. The Hall–Kier alpha value is -1.50. The molecule has 17 heavy (non-hydrogen) atoms. The number of hydrogen-bond acceptors (Lipinski definition) is 4. The van der Waals surface area contributed by atoms with Crippen molar-refractivity contribution in [1.29, 1.82) is 0 Å². The Labute approximate surface area is 101 Å². The van der Waals surface area contributed by atoms with Crippen molar-refractivity contribution in [3.8, 4) is 0 Å². The fourth-order valence-electron chi connectivity index (χ4n) is 1.23. The SMILES string of the molecule is COC(=O)c1c(NC(=O)C(F)F)sc(C)c1C. The van der Waals surface area contributed by atoms with Gasteiger partial charge in [-0.05, 0) is 19.4 Å². The fourth-order valence-corrected chi connectivity index (χ4v) is 2.28. The van der Waals surface area contributed by atoms with Crippen LogP contribution in [0, 0.1) is 13.8 Å². The van der Waals surface area contributed by atoms with Crippen molar-refractivity contribution in [2.75, 3.05) is 12.4 Å². The molecule has 7 heteroatoms. The van der Waals surface area contributed by atoms with Gasteiger partial charge in [-0.1, -0.05) is 0 Å². The molecule has 0 saturated carbocycles. The molecule has 1 N–H and O–H groups in total. The second-order valence-corrected chi connectivity index (χ2v) is 4.49. The van der Waals surface area contributed by atoms with Crippen LogP contribution in [-0.2, 0) is 9.53 Å². The molecule has 1 aromatic heterocycles. The van der Waals surface area contributed by atoms with E-state index in [1.54, 1.807) is 13.8 Å². The zero-order chi connectivity index (χ0) is 13.2. The van der Waals surface area contributed by atoms with Crippen LogP contribution in [0.4, 0.5) is 13.8 Å². The van der Waals surface area contributed by atoms with E-state index in [2.05, 4.69) is 4.74 Å². The van der Waals surface area contributed by atoms with Gasteiger partial charge in [0.2, 0.25) is 0 Å². The molecule has 1 amide bonds. The highest BCUT2D eigenvalue weighted by molar-refractivity contribution is 7.16. The minimum Gasteiger partial charge on any atom is -0.465 e. The number of methoxy groups -OCH3 is 1. The van der Waals surface area contributed by atoms with Crippen LogP contribution in [0.3, 0.4) is 0 Å². The third-order valence-corrected chi connectivity index (χ3v) is 3.33. The van der Waals surface area contributed by atoms with E-state index >= 15 is 0 Å². The van der Waals surface area contributed by atoms with Crippen LogP contribution in [0.2, 0.25) is 0 Å². The maximum atomic E-state index is 12.1. The predicted octanol–water partition coefficient (Wildman–Crippen LogP) is 2.36. The van der Waals surface area contributed by atoms with Crippen LogP contribution in [-0.4, -0.2) is 25.4 Å². The number of anilines is 1. The number of thiophene rings is 1. The largest absolute Gasteiger partial charge is 0.465 e. The summed E-state index contributed by atoms with van der Waals surface area (Å²) in [6.07, 6.45) is -3.12. The zero-order valence-corrected chi connectivity index (χ0v) is 10.3. The van der Waals surface area contributed by atoms with E-state index in [1.165, 1.54) is 7.11 Å². The first-order valence-electron chi connectivity index (χ1n) is 4.65. The van der Waals surface area contributed by atoms with E-state index in [4.69, 9.17) is 0 Å². The number of halogens is 2. The fraction of sp³-hybridized carbons (Fsp3) is 0.400. The molecule has 0 saturated heterocycles. The third-order valence-electron chi connectivity index (χ3n) is 2.21. The molecule has 0 aliphatic heterocycles. The normalized spacial score (nSPS) is 10.5. The minimum atomic E-state index is -3.12. The van der Waals surface area contributed by atoms with Crippen molar-refractivity contribution < 1.29 is 23.1 Å². The standard InChI is InChI=1S/C10H11F2NO3S/c1-4-5(2)17-9(6(4)10(15)16-3)13-8(14)7(11)12/h7H,1-3H3,(H,13,14). The summed E-state index contributed by atoms with van der Waals surface area (Å²) >= 11 is 1.06. The number of hydrogen-bond donors (Lipinski definition) is 1. The number of amides is 1. The molecule has 0 unspecified atom stereocenters. The quantitative estimate of drug-likeness (QED) is 0.852. The van der Waals surface area contributed by atoms with Gasteiger partial charge in [0.15, 0.2) is 0 Å². The summed E-state index contributed by atoms with van der Waals surface area (Å²) in [7, 11) is 1.19. The maximum absolute atomic E-state index is 12.1. The number of carbonyl (C=O) groups excluding carboxylic acids is 2. The molecule has 1 aromatic rings. The predicted molar refractivity (Wildman–Crippen MR) is 59.8 cm³/mol. The van der Waals surface area contributed by atoms with E-state index in [9.17, 15) is 18.4 Å². The average molecular weight is 263 g/mol. The van der Waals surface area contributed by atoms with Gasteiger partial charge in [-0.2, -0.15) is 8.78 Å². The van der Waals surface area contributed by atoms with Crippen molar-refractivity contribution >= 4 is 28.2 Å². The van der Waals surface area contributed by atoms with Gasteiger partial charge >= 0.3 is 12.4 Å². The van der Waals surface area contributed by atoms with Crippen LogP contribution >= 0.6 is 11.3 Å².